The molecule has 5 aromatic rings. The minimum atomic E-state index is 0.153. The van der Waals surface area contributed by atoms with Crippen molar-refractivity contribution >= 4 is 38.4 Å². The molecule has 0 atom stereocenters. The number of para-hydroxylation sites is 2. The highest BCUT2D eigenvalue weighted by atomic mass is 16.3. The van der Waals surface area contributed by atoms with E-state index in [0.717, 1.165) is 32.7 Å². The summed E-state index contributed by atoms with van der Waals surface area (Å²) in [4.78, 5) is 4.74. The molecule has 26 heavy (non-hydrogen) atoms. The van der Waals surface area contributed by atoms with Gasteiger partial charge in [0.2, 0.25) is 0 Å². The van der Waals surface area contributed by atoms with Crippen molar-refractivity contribution < 1.29 is 5.11 Å². The Bertz CT molecular complexity index is 1470. The van der Waals surface area contributed by atoms with Crippen LogP contribution in [0.3, 0.4) is 0 Å². The Balaban J connectivity index is 2.19. The van der Waals surface area contributed by atoms with E-state index in [2.05, 4.69) is 12.1 Å². The summed E-state index contributed by atoms with van der Waals surface area (Å²) in [5.74, 6) is 0.153. The lowest BCUT2D eigenvalue weighted by Gasteiger charge is -2.10. The number of hydrogen-bond donors (Lipinski definition) is 1. The van der Waals surface area contributed by atoms with Gasteiger partial charge in [-0.05, 0) is 47.9 Å². The number of benzene rings is 3. The number of imidazole rings is 1. The van der Waals surface area contributed by atoms with E-state index in [4.69, 9.17) is 4.98 Å². The van der Waals surface area contributed by atoms with Crippen molar-refractivity contribution in [1.29, 1.82) is 10.5 Å². The predicted octanol–water partition coefficient (Wildman–Crippen LogP) is 4.24. The average molecular weight is 334 g/mol. The van der Waals surface area contributed by atoms with Gasteiger partial charge in [0, 0.05) is 10.8 Å². The van der Waals surface area contributed by atoms with E-state index >= 15 is 0 Å². The monoisotopic (exact) mass is 334 g/mol. The van der Waals surface area contributed by atoms with E-state index in [1.807, 2.05) is 34.7 Å². The third-order valence-electron chi connectivity index (χ3n) is 4.71. The summed E-state index contributed by atoms with van der Waals surface area (Å²) in [6.45, 7) is 0. The van der Waals surface area contributed by atoms with Gasteiger partial charge in [-0.2, -0.15) is 10.5 Å². The van der Waals surface area contributed by atoms with Crippen LogP contribution in [-0.4, -0.2) is 14.5 Å². The molecule has 3 aromatic carbocycles. The van der Waals surface area contributed by atoms with Crippen molar-refractivity contribution in [3.05, 3.63) is 65.7 Å². The molecule has 5 rings (SSSR count). The second kappa shape index (κ2) is 4.95. The maximum absolute atomic E-state index is 9.99. The Hall–Kier alpha value is -4.09. The summed E-state index contributed by atoms with van der Waals surface area (Å²) in [6.07, 6.45) is 0. The lowest BCUT2D eigenvalue weighted by atomic mass is 10.0. The summed E-state index contributed by atoms with van der Waals surface area (Å²) in [6, 6.07) is 20.5. The summed E-state index contributed by atoms with van der Waals surface area (Å²) >= 11 is 0. The number of hydrogen-bond acceptors (Lipinski definition) is 4. The Morgan fingerprint density at radius 3 is 2.38 bits per heavy atom. The average Bonchev–Trinajstić information content (AvgIpc) is 3.07. The first-order valence-corrected chi connectivity index (χ1v) is 8.01. The molecule has 0 radical (unpaired) electrons. The van der Waals surface area contributed by atoms with E-state index < -0.39 is 0 Å². The molecule has 0 saturated carbocycles. The van der Waals surface area contributed by atoms with Crippen LogP contribution in [0.1, 0.15) is 11.1 Å². The number of pyridine rings is 1. The van der Waals surface area contributed by atoms with Crippen LogP contribution in [0.5, 0.6) is 5.75 Å². The minimum absolute atomic E-state index is 0.153. The first-order chi connectivity index (χ1) is 12.7. The maximum atomic E-state index is 9.99. The molecule has 0 aliphatic rings. The fraction of sp³-hybridized carbons (Fsp3) is 0. The Kier molecular flexibility index (Phi) is 2.72. The van der Waals surface area contributed by atoms with Gasteiger partial charge in [-0.1, -0.05) is 12.1 Å². The van der Waals surface area contributed by atoms with E-state index in [0.29, 0.717) is 16.8 Å². The Morgan fingerprint density at radius 2 is 1.58 bits per heavy atom. The molecular weight excluding hydrogens is 324 g/mol. The van der Waals surface area contributed by atoms with Crippen LogP contribution < -0.4 is 0 Å². The molecule has 0 aliphatic carbocycles. The van der Waals surface area contributed by atoms with Crippen molar-refractivity contribution in [2.45, 2.75) is 0 Å². The number of phenols is 1. The molecule has 1 N–H and O–H groups in total. The molecule has 5 heteroatoms. The zero-order chi connectivity index (χ0) is 17.8. The van der Waals surface area contributed by atoms with Gasteiger partial charge in [0.25, 0.3) is 0 Å². The second-order valence-electron chi connectivity index (χ2n) is 6.13. The first kappa shape index (κ1) is 14.3. The molecule has 0 unspecified atom stereocenters. The number of nitrogens with zero attached hydrogens (tertiary/aromatic N) is 4. The van der Waals surface area contributed by atoms with Crippen molar-refractivity contribution in [2.24, 2.45) is 0 Å². The van der Waals surface area contributed by atoms with Crippen molar-refractivity contribution in [3.8, 4) is 17.9 Å². The molecule has 2 aromatic heterocycles. The number of aromatic hydroxyl groups is 1. The zero-order valence-electron chi connectivity index (χ0n) is 13.4. The number of fused-ring (bicyclic) bond motifs is 8. The largest absolute Gasteiger partial charge is 0.508 e. The molecule has 0 amide bonds. The topological polar surface area (TPSA) is 85.1 Å². The quantitative estimate of drug-likeness (QED) is 0.429. The lowest BCUT2D eigenvalue weighted by Crippen LogP contribution is -1.94. The van der Waals surface area contributed by atoms with Crippen LogP contribution >= 0.6 is 0 Å². The summed E-state index contributed by atoms with van der Waals surface area (Å²) in [5.41, 5.74) is 3.91. The van der Waals surface area contributed by atoms with Gasteiger partial charge in [0.1, 0.15) is 23.5 Å². The molecule has 0 aliphatic heterocycles. The molecule has 0 spiro atoms. The summed E-state index contributed by atoms with van der Waals surface area (Å²) in [5, 5.41) is 31.3. The van der Waals surface area contributed by atoms with Gasteiger partial charge in [0.05, 0.1) is 27.7 Å². The number of phenolic OH excluding ortho intramolecular Hbond substituents is 1. The van der Waals surface area contributed by atoms with E-state index in [-0.39, 0.29) is 5.75 Å². The predicted molar refractivity (Wildman–Crippen MR) is 98.8 cm³/mol. The van der Waals surface area contributed by atoms with E-state index in [1.165, 1.54) is 0 Å². The molecule has 0 fully saturated rings. The molecule has 120 valence electrons. The third-order valence-corrected chi connectivity index (χ3v) is 4.71. The van der Waals surface area contributed by atoms with Crippen LogP contribution in [0.4, 0.5) is 0 Å². The molecular formula is C21H10N4O. The SMILES string of the molecule is N#Cc1cc2c3ccc(O)cc3c3nc4ccccc4n3c2cc1C#N. The van der Waals surface area contributed by atoms with Crippen LogP contribution in [0, 0.1) is 22.7 Å². The zero-order valence-corrected chi connectivity index (χ0v) is 13.4. The second-order valence-corrected chi connectivity index (χ2v) is 6.13. The fourth-order valence-corrected chi connectivity index (χ4v) is 3.58. The molecule has 0 bridgehead atoms. The molecule has 5 nitrogen and oxygen atoms in total. The number of nitriles is 2. The highest BCUT2D eigenvalue weighted by Crippen LogP contribution is 2.35. The Morgan fingerprint density at radius 1 is 0.808 bits per heavy atom. The smallest absolute Gasteiger partial charge is 0.146 e. The van der Waals surface area contributed by atoms with Crippen molar-refractivity contribution in [1.82, 2.24) is 9.38 Å². The first-order valence-electron chi connectivity index (χ1n) is 8.01. The van der Waals surface area contributed by atoms with Crippen molar-refractivity contribution in [2.75, 3.05) is 0 Å². The number of rotatable bonds is 0. The van der Waals surface area contributed by atoms with E-state index in [9.17, 15) is 15.6 Å². The molecule has 2 heterocycles. The third kappa shape index (κ3) is 1.74. The van der Waals surface area contributed by atoms with Crippen LogP contribution in [0.2, 0.25) is 0 Å². The van der Waals surface area contributed by atoms with Gasteiger partial charge in [0.15, 0.2) is 0 Å². The Labute approximate surface area is 147 Å². The van der Waals surface area contributed by atoms with Crippen molar-refractivity contribution in [3.63, 3.8) is 0 Å². The summed E-state index contributed by atoms with van der Waals surface area (Å²) in [7, 11) is 0. The highest BCUT2D eigenvalue weighted by molar-refractivity contribution is 6.14. The maximum Gasteiger partial charge on any atom is 0.146 e. The van der Waals surface area contributed by atoms with Gasteiger partial charge < -0.3 is 5.11 Å². The fourth-order valence-electron chi connectivity index (χ4n) is 3.58. The standard InChI is InChI=1S/C21H10N4O/c22-10-12-7-16-15-6-5-14(26)9-17(15)21-24-18-3-1-2-4-19(18)25(21)20(16)8-13(12)11-23/h1-9,26H. The van der Waals surface area contributed by atoms with Crippen LogP contribution in [0.25, 0.3) is 38.4 Å². The van der Waals surface area contributed by atoms with Crippen LogP contribution in [0.15, 0.2) is 54.6 Å². The minimum Gasteiger partial charge on any atom is -0.508 e. The number of aromatic nitrogens is 2. The van der Waals surface area contributed by atoms with Crippen LogP contribution in [-0.2, 0) is 0 Å². The van der Waals surface area contributed by atoms with Gasteiger partial charge in [-0.3, -0.25) is 4.40 Å². The normalized spacial score (nSPS) is 11.2. The summed E-state index contributed by atoms with van der Waals surface area (Å²) < 4.78 is 1.98. The van der Waals surface area contributed by atoms with Gasteiger partial charge >= 0.3 is 0 Å². The highest BCUT2D eigenvalue weighted by Gasteiger charge is 2.16. The van der Waals surface area contributed by atoms with E-state index in [1.54, 1.807) is 24.3 Å². The van der Waals surface area contributed by atoms with Gasteiger partial charge in [-0.25, -0.2) is 4.98 Å². The lowest BCUT2D eigenvalue weighted by molar-refractivity contribution is 0.476. The molecule has 0 saturated heterocycles. The van der Waals surface area contributed by atoms with Gasteiger partial charge in [-0.15, -0.1) is 0 Å².